The molecule has 1 heterocycles. The van der Waals surface area contributed by atoms with Gasteiger partial charge >= 0.3 is 11.9 Å². The molecule has 1 aromatic rings. The zero-order chi connectivity index (χ0) is 18.4. The van der Waals surface area contributed by atoms with E-state index in [4.69, 9.17) is 0 Å². The Kier molecular flexibility index (Phi) is 6.52. The summed E-state index contributed by atoms with van der Waals surface area (Å²) >= 11 is 0. The van der Waals surface area contributed by atoms with Crippen LogP contribution in [0, 0.1) is 0 Å². The van der Waals surface area contributed by atoms with Crippen molar-refractivity contribution in [1.82, 2.24) is 10.2 Å². The molecule has 1 amide bonds. The van der Waals surface area contributed by atoms with Gasteiger partial charge in [0.15, 0.2) is 0 Å². The number of hydrogen-bond acceptors (Lipinski definition) is 4. The third-order valence-corrected chi connectivity index (χ3v) is 4.51. The minimum absolute atomic E-state index is 0.347. The number of aryl methyl sites for hydroxylation is 1. The Hall–Kier alpha value is -2.41. The van der Waals surface area contributed by atoms with Crippen molar-refractivity contribution in [3.63, 3.8) is 0 Å². The highest BCUT2D eigenvalue weighted by atomic mass is 16.4. The molecule has 7 heteroatoms. The maximum Gasteiger partial charge on any atom is 0.326 e. The first kappa shape index (κ1) is 18.9. The summed E-state index contributed by atoms with van der Waals surface area (Å²) in [5, 5.41) is 21.4. The third kappa shape index (κ3) is 5.03. The molecule has 0 aliphatic carbocycles. The lowest BCUT2D eigenvalue weighted by Crippen LogP contribution is -2.53. The predicted molar refractivity (Wildman–Crippen MR) is 91.2 cm³/mol. The molecule has 1 aliphatic rings. The van der Waals surface area contributed by atoms with Gasteiger partial charge in [0.05, 0.1) is 6.04 Å². The van der Waals surface area contributed by atoms with Crippen molar-refractivity contribution in [3.8, 4) is 0 Å². The number of hydrogen-bond donors (Lipinski definition) is 3. The minimum atomic E-state index is -1.02. The molecule has 0 aromatic heterocycles. The fourth-order valence-corrected chi connectivity index (χ4v) is 3.14. The van der Waals surface area contributed by atoms with E-state index in [0.717, 1.165) is 5.56 Å². The SMILES string of the molecule is C[C@@H](NC(CCc1ccccc1)C(=O)O)C(=O)N1CCCC1C(=O)O. The normalized spacial score (nSPS) is 19.4. The lowest BCUT2D eigenvalue weighted by Gasteiger charge is -2.27. The molecule has 1 aromatic carbocycles. The fraction of sp³-hybridized carbons (Fsp3) is 0.500. The number of likely N-dealkylation sites (tertiary alicyclic amines) is 1. The van der Waals surface area contributed by atoms with Gasteiger partial charge in [-0.15, -0.1) is 0 Å². The average molecular weight is 348 g/mol. The molecule has 2 rings (SSSR count). The highest BCUT2D eigenvalue weighted by molar-refractivity contribution is 5.88. The second-order valence-corrected chi connectivity index (χ2v) is 6.33. The summed E-state index contributed by atoms with van der Waals surface area (Å²) in [5.74, 6) is -2.40. The van der Waals surface area contributed by atoms with E-state index >= 15 is 0 Å². The molecular formula is C18H24N2O5. The summed E-state index contributed by atoms with van der Waals surface area (Å²) in [4.78, 5) is 36.5. The maximum atomic E-state index is 12.5. The van der Waals surface area contributed by atoms with Gasteiger partial charge in [-0.1, -0.05) is 30.3 Å². The summed E-state index contributed by atoms with van der Waals surface area (Å²) in [6, 6.07) is 7.09. The predicted octanol–water partition coefficient (Wildman–Crippen LogP) is 1.13. The van der Waals surface area contributed by atoms with Gasteiger partial charge in [-0.05, 0) is 38.2 Å². The topological polar surface area (TPSA) is 107 Å². The van der Waals surface area contributed by atoms with Crippen LogP contribution < -0.4 is 5.32 Å². The number of nitrogens with one attached hydrogen (secondary N) is 1. The molecule has 3 N–H and O–H groups in total. The number of aliphatic carboxylic acids is 2. The Morgan fingerprint density at radius 1 is 1.24 bits per heavy atom. The Labute approximate surface area is 146 Å². The largest absolute Gasteiger partial charge is 0.480 e. The molecule has 7 nitrogen and oxygen atoms in total. The van der Waals surface area contributed by atoms with Gasteiger partial charge in [0.25, 0.3) is 0 Å². The summed E-state index contributed by atoms with van der Waals surface area (Å²) in [6.45, 7) is 1.97. The first-order valence-corrected chi connectivity index (χ1v) is 8.46. The van der Waals surface area contributed by atoms with Crippen LogP contribution in [0.1, 0.15) is 31.7 Å². The van der Waals surface area contributed by atoms with E-state index in [2.05, 4.69) is 5.32 Å². The van der Waals surface area contributed by atoms with Gasteiger partial charge in [0, 0.05) is 6.54 Å². The molecule has 0 saturated carbocycles. The Morgan fingerprint density at radius 3 is 2.52 bits per heavy atom. The van der Waals surface area contributed by atoms with Gasteiger partial charge in [0.2, 0.25) is 5.91 Å². The standard InChI is InChI=1S/C18H24N2O5/c1-12(16(21)20-11-5-8-15(20)18(24)25)19-14(17(22)23)10-9-13-6-3-2-4-7-13/h2-4,6-7,12,14-15,19H,5,8-11H2,1H3,(H,22,23)(H,24,25)/t12-,14?,15?/m1/s1. The molecule has 0 bridgehead atoms. The van der Waals surface area contributed by atoms with Crippen molar-refractivity contribution < 1.29 is 24.6 Å². The second-order valence-electron chi connectivity index (χ2n) is 6.33. The summed E-state index contributed by atoms with van der Waals surface area (Å²) < 4.78 is 0. The van der Waals surface area contributed by atoms with E-state index in [-0.39, 0.29) is 5.91 Å². The average Bonchev–Trinajstić information content (AvgIpc) is 3.08. The molecule has 3 atom stereocenters. The smallest absolute Gasteiger partial charge is 0.326 e. The number of carboxylic acid groups (broad SMARTS) is 2. The highest BCUT2D eigenvalue weighted by Crippen LogP contribution is 2.18. The number of benzene rings is 1. The lowest BCUT2D eigenvalue weighted by atomic mass is 10.0. The van der Waals surface area contributed by atoms with Crippen LogP contribution in [0.4, 0.5) is 0 Å². The molecule has 136 valence electrons. The third-order valence-electron chi connectivity index (χ3n) is 4.51. The Balaban J connectivity index is 1.95. The van der Waals surface area contributed by atoms with Crippen LogP contribution in [0.2, 0.25) is 0 Å². The van der Waals surface area contributed by atoms with Crippen molar-refractivity contribution in [1.29, 1.82) is 0 Å². The van der Waals surface area contributed by atoms with Gasteiger partial charge < -0.3 is 15.1 Å². The number of rotatable bonds is 8. The Bertz CT molecular complexity index is 619. The number of carbonyl (C=O) groups is 3. The monoisotopic (exact) mass is 348 g/mol. The van der Waals surface area contributed by atoms with Crippen LogP contribution in [0.3, 0.4) is 0 Å². The van der Waals surface area contributed by atoms with Crippen LogP contribution in [0.5, 0.6) is 0 Å². The van der Waals surface area contributed by atoms with E-state index in [9.17, 15) is 24.6 Å². The zero-order valence-corrected chi connectivity index (χ0v) is 14.2. The lowest BCUT2D eigenvalue weighted by molar-refractivity contribution is -0.149. The van der Waals surface area contributed by atoms with E-state index in [1.165, 1.54) is 4.90 Å². The van der Waals surface area contributed by atoms with Crippen molar-refractivity contribution in [3.05, 3.63) is 35.9 Å². The quantitative estimate of drug-likeness (QED) is 0.650. The number of amides is 1. The first-order chi connectivity index (χ1) is 11.9. The van der Waals surface area contributed by atoms with E-state index in [1.807, 2.05) is 30.3 Å². The van der Waals surface area contributed by atoms with Crippen LogP contribution >= 0.6 is 0 Å². The van der Waals surface area contributed by atoms with Crippen molar-refractivity contribution in [2.24, 2.45) is 0 Å². The highest BCUT2D eigenvalue weighted by Gasteiger charge is 2.36. The maximum absolute atomic E-state index is 12.5. The van der Waals surface area contributed by atoms with Crippen LogP contribution in [0.25, 0.3) is 0 Å². The van der Waals surface area contributed by atoms with Crippen molar-refractivity contribution in [2.75, 3.05) is 6.54 Å². The number of carboxylic acids is 2. The molecule has 1 aliphatic heterocycles. The molecule has 2 unspecified atom stereocenters. The van der Waals surface area contributed by atoms with Crippen LogP contribution in [-0.2, 0) is 20.8 Å². The van der Waals surface area contributed by atoms with Crippen molar-refractivity contribution in [2.45, 2.75) is 50.7 Å². The second kappa shape index (κ2) is 8.62. The molecule has 1 saturated heterocycles. The van der Waals surface area contributed by atoms with Gasteiger partial charge in [-0.25, -0.2) is 4.79 Å². The number of nitrogens with zero attached hydrogens (tertiary/aromatic N) is 1. The summed E-state index contributed by atoms with van der Waals surface area (Å²) in [5.41, 5.74) is 1.03. The first-order valence-electron chi connectivity index (χ1n) is 8.46. The fourth-order valence-electron chi connectivity index (χ4n) is 3.14. The number of carbonyl (C=O) groups excluding carboxylic acids is 1. The Morgan fingerprint density at radius 2 is 1.92 bits per heavy atom. The van der Waals surface area contributed by atoms with E-state index < -0.39 is 30.1 Å². The molecule has 0 spiro atoms. The van der Waals surface area contributed by atoms with E-state index in [0.29, 0.717) is 32.2 Å². The molecule has 1 fully saturated rings. The van der Waals surface area contributed by atoms with Gasteiger partial charge in [0.1, 0.15) is 12.1 Å². The summed E-state index contributed by atoms with van der Waals surface area (Å²) in [6.07, 6.45) is 2.00. The summed E-state index contributed by atoms with van der Waals surface area (Å²) in [7, 11) is 0. The molecular weight excluding hydrogens is 324 g/mol. The van der Waals surface area contributed by atoms with Crippen molar-refractivity contribution >= 4 is 17.8 Å². The van der Waals surface area contributed by atoms with Crippen LogP contribution in [0.15, 0.2) is 30.3 Å². The van der Waals surface area contributed by atoms with Gasteiger partial charge in [-0.2, -0.15) is 0 Å². The minimum Gasteiger partial charge on any atom is -0.480 e. The zero-order valence-electron chi connectivity index (χ0n) is 14.2. The van der Waals surface area contributed by atoms with Gasteiger partial charge in [-0.3, -0.25) is 14.9 Å². The molecule has 0 radical (unpaired) electrons. The molecule has 25 heavy (non-hydrogen) atoms. The van der Waals surface area contributed by atoms with E-state index in [1.54, 1.807) is 6.92 Å². The van der Waals surface area contributed by atoms with Crippen LogP contribution in [-0.4, -0.2) is 57.6 Å².